The van der Waals surface area contributed by atoms with Gasteiger partial charge in [-0.2, -0.15) is 0 Å². The van der Waals surface area contributed by atoms with E-state index in [9.17, 15) is 13.2 Å². The molecule has 1 N–H and O–H groups in total. The minimum atomic E-state index is -3.51. The van der Waals surface area contributed by atoms with Gasteiger partial charge in [-0.25, -0.2) is 18.1 Å². The molecule has 0 bridgehead atoms. The lowest BCUT2D eigenvalue weighted by molar-refractivity contribution is 0.0687. The minimum Gasteiger partial charge on any atom is -0.339 e. The van der Waals surface area contributed by atoms with Crippen molar-refractivity contribution in [1.82, 2.24) is 14.6 Å². The SMILES string of the molecule is CCc1ccc(S(=O)(=O)NCC2CCN(C(=O)c3cccnc3SC)CC2)cc1. The number of benzene rings is 1. The lowest BCUT2D eigenvalue weighted by Gasteiger charge is -2.32. The van der Waals surface area contributed by atoms with Crippen LogP contribution in [0, 0.1) is 5.92 Å². The predicted octanol–water partition coefficient (Wildman–Crippen LogP) is 3.20. The maximum absolute atomic E-state index is 12.8. The highest BCUT2D eigenvalue weighted by molar-refractivity contribution is 7.98. The predicted molar refractivity (Wildman–Crippen MR) is 116 cm³/mol. The molecule has 0 unspecified atom stereocenters. The van der Waals surface area contributed by atoms with E-state index >= 15 is 0 Å². The molecule has 1 aromatic carbocycles. The molecule has 1 amide bonds. The van der Waals surface area contributed by atoms with E-state index < -0.39 is 10.0 Å². The molecule has 0 aliphatic carbocycles. The van der Waals surface area contributed by atoms with Crippen molar-refractivity contribution in [3.63, 3.8) is 0 Å². The Morgan fingerprint density at radius 1 is 1.21 bits per heavy atom. The summed E-state index contributed by atoms with van der Waals surface area (Å²) in [5.74, 6) is 0.218. The number of carbonyl (C=O) groups excluding carboxylic acids is 1. The lowest BCUT2D eigenvalue weighted by atomic mass is 9.97. The second kappa shape index (κ2) is 9.73. The standard InChI is InChI=1S/C21H27N3O3S2/c1-3-16-6-8-18(9-7-16)29(26,27)23-15-17-10-13-24(14-11-17)21(25)19-5-4-12-22-20(19)28-2/h4-9,12,17,23H,3,10-11,13-15H2,1-2H3. The number of piperidine rings is 1. The van der Waals surface area contributed by atoms with Crippen molar-refractivity contribution in [2.75, 3.05) is 25.9 Å². The van der Waals surface area contributed by atoms with E-state index in [1.165, 1.54) is 11.8 Å². The first-order chi connectivity index (χ1) is 13.9. The van der Waals surface area contributed by atoms with Gasteiger partial charge in [0, 0.05) is 25.8 Å². The Bertz CT molecular complexity index is 938. The highest BCUT2D eigenvalue weighted by Gasteiger charge is 2.26. The van der Waals surface area contributed by atoms with Gasteiger partial charge in [-0.1, -0.05) is 19.1 Å². The number of aryl methyl sites for hydroxylation is 1. The Kier molecular flexibility index (Phi) is 7.32. The Morgan fingerprint density at radius 2 is 1.90 bits per heavy atom. The van der Waals surface area contributed by atoms with Gasteiger partial charge < -0.3 is 4.90 Å². The molecular formula is C21H27N3O3S2. The van der Waals surface area contributed by atoms with Crippen molar-refractivity contribution < 1.29 is 13.2 Å². The van der Waals surface area contributed by atoms with Gasteiger partial charge in [0.05, 0.1) is 10.5 Å². The van der Waals surface area contributed by atoms with Crippen LogP contribution in [0.4, 0.5) is 0 Å². The number of nitrogens with one attached hydrogen (secondary N) is 1. The maximum atomic E-state index is 12.8. The monoisotopic (exact) mass is 433 g/mol. The quantitative estimate of drug-likeness (QED) is 0.679. The van der Waals surface area contributed by atoms with Crippen LogP contribution in [0.5, 0.6) is 0 Å². The van der Waals surface area contributed by atoms with Gasteiger partial charge in [0.2, 0.25) is 10.0 Å². The van der Waals surface area contributed by atoms with Crippen LogP contribution in [0.15, 0.2) is 52.5 Å². The summed E-state index contributed by atoms with van der Waals surface area (Å²) in [5.41, 5.74) is 1.74. The zero-order valence-corrected chi connectivity index (χ0v) is 18.4. The highest BCUT2D eigenvalue weighted by Crippen LogP contribution is 2.23. The number of hydrogen-bond donors (Lipinski definition) is 1. The van der Waals surface area contributed by atoms with E-state index in [0.717, 1.165) is 29.9 Å². The van der Waals surface area contributed by atoms with Gasteiger partial charge in [0.1, 0.15) is 5.03 Å². The van der Waals surface area contributed by atoms with Crippen molar-refractivity contribution >= 4 is 27.7 Å². The number of rotatable bonds is 7. The third kappa shape index (κ3) is 5.38. The number of amides is 1. The fraction of sp³-hybridized carbons (Fsp3) is 0.429. The zero-order chi connectivity index (χ0) is 20.9. The summed E-state index contributed by atoms with van der Waals surface area (Å²) >= 11 is 1.46. The third-order valence-electron chi connectivity index (χ3n) is 5.30. The summed E-state index contributed by atoms with van der Waals surface area (Å²) in [6.45, 7) is 3.68. The third-order valence-corrected chi connectivity index (χ3v) is 7.45. The average molecular weight is 434 g/mol. The van der Waals surface area contributed by atoms with E-state index in [2.05, 4.69) is 9.71 Å². The van der Waals surface area contributed by atoms with Gasteiger partial charge in [-0.15, -0.1) is 11.8 Å². The fourth-order valence-electron chi connectivity index (χ4n) is 3.44. The Hall–Kier alpha value is -1.90. The van der Waals surface area contributed by atoms with Crippen LogP contribution >= 0.6 is 11.8 Å². The highest BCUT2D eigenvalue weighted by atomic mass is 32.2. The first-order valence-corrected chi connectivity index (χ1v) is 12.5. The summed E-state index contributed by atoms with van der Waals surface area (Å²) in [4.78, 5) is 19.2. The number of carbonyl (C=O) groups is 1. The number of thioether (sulfide) groups is 1. The summed E-state index contributed by atoms with van der Waals surface area (Å²) < 4.78 is 27.8. The Balaban J connectivity index is 1.53. The van der Waals surface area contributed by atoms with Gasteiger partial charge in [-0.3, -0.25) is 4.79 Å². The van der Waals surface area contributed by atoms with E-state index in [1.807, 2.05) is 36.3 Å². The molecule has 0 spiro atoms. The van der Waals surface area contributed by atoms with Crippen molar-refractivity contribution in [3.8, 4) is 0 Å². The Morgan fingerprint density at radius 3 is 2.52 bits per heavy atom. The number of aromatic nitrogens is 1. The largest absolute Gasteiger partial charge is 0.339 e. The number of pyridine rings is 1. The van der Waals surface area contributed by atoms with Crippen molar-refractivity contribution in [2.45, 2.75) is 36.1 Å². The molecule has 156 valence electrons. The molecule has 0 saturated carbocycles. The molecule has 1 fully saturated rings. The summed E-state index contributed by atoms with van der Waals surface area (Å²) in [6, 6.07) is 10.6. The lowest BCUT2D eigenvalue weighted by Crippen LogP contribution is -2.41. The first kappa shape index (κ1) is 21.8. The molecule has 0 atom stereocenters. The molecule has 1 aliphatic heterocycles. The molecule has 0 radical (unpaired) electrons. The second-order valence-corrected chi connectivity index (χ2v) is 9.71. The zero-order valence-electron chi connectivity index (χ0n) is 16.8. The molecule has 1 saturated heterocycles. The Labute approximate surface area is 177 Å². The fourth-order valence-corrected chi connectivity index (χ4v) is 5.10. The van der Waals surface area contributed by atoms with Crippen molar-refractivity contribution in [2.24, 2.45) is 5.92 Å². The molecule has 6 nitrogen and oxygen atoms in total. The van der Waals surface area contributed by atoms with Crippen LogP contribution in [-0.2, 0) is 16.4 Å². The molecule has 3 rings (SSSR count). The number of hydrogen-bond acceptors (Lipinski definition) is 5. The molecule has 29 heavy (non-hydrogen) atoms. The van der Waals surface area contributed by atoms with Crippen LogP contribution in [0.25, 0.3) is 0 Å². The van der Waals surface area contributed by atoms with Gasteiger partial charge >= 0.3 is 0 Å². The summed E-state index contributed by atoms with van der Waals surface area (Å²) in [5, 5.41) is 0.737. The first-order valence-electron chi connectivity index (χ1n) is 9.81. The smallest absolute Gasteiger partial charge is 0.256 e. The van der Waals surface area contributed by atoms with E-state index in [-0.39, 0.29) is 11.8 Å². The van der Waals surface area contributed by atoms with Gasteiger partial charge in [0.25, 0.3) is 5.91 Å². The van der Waals surface area contributed by atoms with Crippen LogP contribution in [-0.4, -0.2) is 50.1 Å². The molecule has 2 heterocycles. The number of sulfonamides is 1. The normalized spacial score (nSPS) is 15.4. The average Bonchev–Trinajstić information content (AvgIpc) is 2.77. The van der Waals surface area contributed by atoms with E-state index in [0.29, 0.717) is 30.1 Å². The molecule has 8 heteroatoms. The van der Waals surface area contributed by atoms with Crippen molar-refractivity contribution in [1.29, 1.82) is 0 Å². The summed E-state index contributed by atoms with van der Waals surface area (Å²) in [7, 11) is -3.51. The molecule has 1 aliphatic rings. The van der Waals surface area contributed by atoms with E-state index in [1.54, 1.807) is 24.4 Å². The van der Waals surface area contributed by atoms with Crippen molar-refractivity contribution in [3.05, 3.63) is 53.7 Å². The van der Waals surface area contributed by atoms with Crippen LogP contribution in [0.2, 0.25) is 0 Å². The topological polar surface area (TPSA) is 79.4 Å². The number of likely N-dealkylation sites (tertiary alicyclic amines) is 1. The van der Waals surface area contributed by atoms with E-state index in [4.69, 9.17) is 0 Å². The maximum Gasteiger partial charge on any atom is 0.256 e. The van der Waals surface area contributed by atoms with Crippen LogP contribution < -0.4 is 4.72 Å². The van der Waals surface area contributed by atoms with Crippen LogP contribution in [0.1, 0.15) is 35.7 Å². The second-order valence-electron chi connectivity index (χ2n) is 7.15. The number of nitrogens with zero attached hydrogens (tertiary/aromatic N) is 2. The van der Waals surface area contributed by atoms with Gasteiger partial charge in [0.15, 0.2) is 0 Å². The van der Waals surface area contributed by atoms with Gasteiger partial charge in [-0.05, 0) is 61.3 Å². The van der Waals surface area contributed by atoms with Crippen LogP contribution in [0.3, 0.4) is 0 Å². The summed E-state index contributed by atoms with van der Waals surface area (Å²) in [6.07, 6.45) is 6.03. The molecule has 1 aromatic heterocycles. The molecule has 2 aromatic rings. The molecular weight excluding hydrogens is 406 g/mol. The minimum absolute atomic E-state index is 0.00232.